The van der Waals surface area contributed by atoms with Crippen LogP contribution in [0.3, 0.4) is 0 Å². The molecule has 32 heavy (non-hydrogen) atoms. The molecule has 2 saturated carbocycles. The Morgan fingerprint density at radius 3 is 2.53 bits per heavy atom. The van der Waals surface area contributed by atoms with Gasteiger partial charge in [0.2, 0.25) is 0 Å². The Hall–Kier alpha value is -1.85. The molecule has 0 unspecified atom stereocenters. The predicted molar refractivity (Wildman–Crippen MR) is 129 cm³/mol. The van der Waals surface area contributed by atoms with Crippen molar-refractivity contribution in [3.63, 3.8) is 0 Å². The number of amides is 1. The Balaban J connectivity index is 1.31. The third-order valence-corrected chi connectivity index (χ3v) is 8.42. The van der Waals surface area contributed by atoms with E-state index in [9.17, 15) is 4.79 Å². The van der Waals surface area contributed by atoms with Crippen molar-refractivity contribution in [2.75, 3.05) is 7.05 Å². The zero-order chi connectivity index (χ0) is 22.4. The SMILES string of the molecule is CN1C(=O)[C@@](CCC2CCCCC2)(C[C@@H]2CCC[C@H](CCCCn3ccnc3)C2)N=C1N. The molecule has 2 aliphatic carbocycles. The van der Waals surface area contributed by atoms with Crippen LogP contribution >= 0.6 is 0 Å². The molecular weight excluding hydrogens is 398 g/mol. The number of hydrogen-bond acceptors (Lipinski definition) is 4. The van der Waals surface area contributed by atoms with E-state index in [1.54, 1.807) is 11.9 Å². The number of imidazole rings is 1. The Labute approximate surface area is 194 Å². The summed E-state index contributed by atoms with van der Waals surface area (Å²) in [7, 11) is 1.80. The van der Waals surface area contributed by atoms with Crippen LogP contribution in [-0.2, 0) is 11.3 Å². The first-order valence-electron chi connectivity index (χ1n) is 13.1. The van der Waals surface area contributed by atoms with Gasteiger partial charge in [0.15, 0.2) is 5.96 Å². The molecule has 0 radical (unpaired) electrons. The van der Waals surface area contributed by atoms with E-state index in [0.29, 0.717) is 11.9 Å². The fraction of sp³-hybridized carbons (Fsp3) is 0.808. The Kier molecular flexibility index (Phi) is 7.90. The Morgan fingerprint density at radius 1 is 1.03 bits per heavy atom. The van der Waals surface area contributed by atoms with Crippen LogP contribution in [0.1, 0.15) is 96.3 Å². The molecule has 2 heterocycles. The summed E-state index contributed by atoms with van der Waals surface area (Å²) in [6, 6.07) is 0. The van der Waals surface area contributed by atoms with Gasteiger partial charge in [0, 0.05) is 26.0 Å². The minimum atomic E-state index is -0.593. The Bertz CT molecular complexity index is 754. The molecule has 1 amide bonds. The van der Waals surface area contributed by atoms with Crippen molar-refractivity contribution >= 4 is 11.9 Å². The molecule has 6 nitrogen and oxygen atoms in total. The summed E-state index contributed by atoms with van der Waals surface area (Å²) in [4.78, 5) is 23.9. The maximum absolute atomic E-state index is 13.3. The van der Waals surface area contributed by atoms with Gasteiger partial charge in [-0.15, -0.1) is 0 Å². The van der Waals surface area contributed by atoms with Crippen molar-refractivity contribution in [3.8, 4) is 0 Å². The lowest BCUT2D eigenvalue weighted by Gasteiger charge is -2.35. The minimum Gasteiger partial charge on any atom is -0.369 e. The molecule has 3 aliphatic rings. The van der Waals surface area contributed by atoms with Crippen LogP contribution in [0.15, 0.2) is 23.7 Å². The first-order valence-corrected chi connectivity index (χ1v) is 13.1. The highest BCUT2D eigenvalue weighted by Gasteiger charge is 2.47. The number of aromatic nitrogens is 2. The van der Waals surface area contributed by atoms with Gasteiger partial charge in [-0.1, -0.05) is 64.2 Å². The third-order valence-electron chi connectivity index (χ3n) is 8.42. The highest BCUT2D eigenvalue weighted by atomic mass is 16.2. The first kappa shape index (κ1) is 23.3. The van der Waals surface area contributed by atoms with Gasteiger partial charge in [0.1, 0.15) is 5.54 Å². The van der Waals surface area contributed by atoms with Crippen LogP contribution < -0.4 is 5.73 Å². The number of aryl methyl sites for hydroxylation is 1. The van der Waals surface area contributed by atoms with Gasteiger partial charge in [0.05, 0.1) is 6.33 Å². The van der Waals surface area contributed by atoms with Crippen molar-refractivity contribution in [2.45, 2.75) is 108 Å². The van der Waals surface area contributed by atoms with Crippen molar-refractivity contribution in [1.82, 2.24) is 14.5 Å². The van der Waals surface area contributed by atoms with Crippen LogP contribution in [0.2, 0.25) is 0 Å². The predicted octanol–water partition coefficient (Wildman–Crippen LogP) is 5.14. The van der Waals surface area contributed by atoms with Gasteiger partial charge < -0.3 is 10.3 Å². The second kappa shape index (κ2) is 10.8. The number of nitrogens with two attached hydrogens (primary N) is 1. The fourth-order valence-corrected chi connectivity index (χ4v) is 6.55. The molecule has 3 atom stereocenters. The molecule has 0 bridgehead atoms. The lowest BCUT2D eigenvalue weighted by atomic mass is 9.72. The second-order valence-electron chi connectivity index (χ2n) is 10.8. The normalized spacial score (nSPS) is 29.5. The molecule has 1 aromatic heterocycles. The van der Waals surface area contributed by atoms with Crippen molar-refractivity contribution < 1.29 is 4.79 Å². The van der Waals surface area contributed by atoms with Gasteiger partial charge in [-0.05, 0) is 49.9 Å². The number of unbranched alkanes of at least 4 members (excludes halogenated alkanes) is 1. The summed E-state index contributed by atoms with van der Waals surface area (Å²) in [6.07, 6.45) is 24.4. The minimum absolute atomic E-state index is 0.147. The van der Waals surface area contributed by atoms with Crippen molar-refractivity contribution in [2.24, 2.45) is 28.5 Å². The summed E-state index contributed by atoms with van der Waals surface area (Å²) in [5.74, 6) is 2.73. The summed E-state index contributed by atoms with van der Waals surface area (Å²) in [6.45, 7) is 1.06. The molecule has 2 N–H and O–H groups in total. The number of carbonyl (C=O) groups excluding carboxylic acids is 1. The molecule has 2 fully saturated rings. The smallest absolute Gasteiger partial charge is 0.257 e. The number of hydrogen-bond donors (Lipinski definition) is 1. The number of guanidine groups is 1. The number of likely N-dealkylation sites (N-methyl/N-ethyl adjacent to an activating group) is 1. The van der Waals surface area contributed by atoms with Crippen LogP contribution in [0.4, 0.5) is 0 Å². The number of carbonyl (C=O) groups is 1. The maximum Gasteiger partial charge on any atom is 0.257 e. The lowest BCUT2D eigenvalue weighted by Crippen LogP contribution is -2.44. The standard InChI is InChI=1S/C26H43N5O/c1-30-24(32)26(29-25(30)27,14-13-21-8-3-2-4-9-21)19-23-12-7-11-22(18-23)10-5-6-16-31-17-15-28-20-31/h15,17,20-23H,2-14,16,18-19H2,1H3,(H2,27,29)/t22-,23+,26+/m0/s1. The Morgan fingerprint density at radius 2 is 1.81 bits per heavy atom. The quantitative estimate of drug-likeness (QED) is 0.511. The van der Waals surface area contributed by atoms with Crippen LogP contribution in [0, 0.1) is 17.8 Å². The zero-order valence-corrected chi connectivity index (χ0v) is 20.1. The highest BCUT2D eigenvalue weighted by Crippen LogP contribution is 2.42. The summed E-state index contributed by atoms with van der Waals surface area (Å²) in [5, 5.41) is 0. The topological polar surface area (TPSA) is 76.5 Å². The molecule has 1 aromatic rings. The van der Waals surface area contributed by atoms with Crippen LogP contribution in [0.5, 0.6) is 0 Å². The lowest BCUT2D eigenvalue weighted by molar-refractivity contribution is -0.131. The van der Waals surface area contributed by atoms with Gasteiger partial charge in [-0.25, -0.2) is 9.98 Å². The number of rotatable bonds is 10. The highest BCUT2D eigenvalue weighted by molar-refractivity contribution is 6.06. The van der Waals surface area contributed by atoms with Gasteiger partial charge in [-0.2, -0.15) is 0 Å². The molecular formula is C26H43N5O. The fourth-order valence-electron chi connectivity index (χ4n) is 6.55. The van der Waals surface area contributed by atoms with E-state index in [1.807, 2.05) is 18.7 Å². The second-order valence-corrected chi connectivity index (χ2v) is 10.8. The monoisotopic (exact) mass is 441 g/mol. The zero-order valence-electron chi connectivity index (χ0n) is 20.1. The van der Waals surface area contributed by atoms with Crippen LogP contribution in [0.25, 0.3) is 0 Å². The maximum atomic E-state index is 13.3. The number of aliphatic imine (C=N–C) groups is 1. The van der Waals surface area contributed by atoms with Gasteiger partial charge >= 0.3 is 0 Å². The summed E-state index contributed by atoms with van der Waals surface area (Å²) in [5.41, 5.74) is 5.56. The van der Waals surface area contributed by atoms with E-state index < -0.39 is 5.54 Å². The van der Waals surface area contributed by atoms with Crippen molar-refractivity contribution in [1.29, 1.82) is 0 Å². The van der Waals surface area contributed by atoms with Crippen LogP contribution in [-0.4, -0.2) is 38.9 Å². The van der Waals surface area contributed by atoms with Gasteiger partial charge in [-0.3, -0.25) is 9.69 Å². The molecule has 0 spiro atoms. The average molecular weight is 442 g/mol. The molecule has 178 valence electrons. The molecule has 4 rings (SSSR count). The molecule has 1 aliphatic heterocycles. The average Bonchev–Trinajstić information content (AvgIpc) is 3.40. The van der Waals surface area contributed by atoms with E-state index in [2.05, 4.69) is 9.55 Å². The third kappa shape index (κ3) is 5.74. The van der Waals surface area contributed by atoms with E-state index in [0.717, 1.165) is 37.6 Å². The van der Waals surface area contributed by atoms with Crippen molar-refractivity contribution in [3.05, 3.63) is 18.7 Å². The van der Waals surface area contributed by atoms with Gasteiger partial charge in [0.25, 0.3) is 5.91 Å². The summed E-state index contributed by atoms with van der Waals surface area (Å²) < 4.78 is 2.17. The number of nitrogens with zero attached hydrogens (tertiary/aromatic N) is 4. The van der Waals surface area contributed by atoms with E-state index in [4.69, 9.17) is 10.7 Å². The molecule has 0 aromatic carbocycles. The molecule has 0 saturated heterocycles. The first-order chi connectivity index (χ1) is 15.6. The largest absolute Gasteiger partial charge is 0.369 e. The van der Waals surface area contributed by atoms with E-state index in [-0.39, 0.29) is 5.91 Å². The molecule has 6 heteroatoms. The van der Waals surface area contributed by atoms with E-state index >= 15 is 0 Å². The summed E-state index contributed by atoms with van der Waals surface area (Å²) >= 11 is 0. The van der Waals surface area contributed by atoms with E-state index in [1.165, 1.54) is 77.0 Å².